The number of amides is 1. The molecule has 3 heterocycles. The average molecular weight is 458 g/mol. The van der Waals surface area contributed by atoms with E-state index < -0.39 is 0 Å². The molecular weight excluding hydrogens is 438 g/mol. The van der Waals surface area contributed by atoms with Crippen molar-refractivity contribution >= 4 is 38.4 Å². The molecule has 1 aromatic carbocycles. The third-order valence-corrected chi connectivity index (χ3v) is 5.48. The van der Waals surface area contributed by atoms with Crippen molar-refractivity contribution < 1.29 is 9.21 Å². The van der Waals surface area contributed by atoms with Crippen LogP contribution < -0.4 is 16.6 Å². The molecule has 1 fully saturated rings. The van der Waals surface area contributed by atoms with E-state index in [1.165, 1.54) is 4.57 Å². The van der Waals surface area contributed by atoms with Gasteiger partial charge in [-0.1, -0.05) is 18.2 Å². The van der Waals surface area contributed by atoms with Gasteiger partial charge in [-0.05, 0) is 34.1 Å². The third-order valence-electron chi connectivity index (χ3n) is 5.05. The largest absolute Gasteiger partial charge is 0.444 e. The highest BCUT2D eigenvalue weighted by atomic mass is 79.9. The first kappa shape index (κ1) is 20.6. The molecular formula is C20H20BrN5O3. The van der Waals surface area contributed by atoms with E-state index in [-0.39, 0.29) is 28.9 Å². The number of nitriles is 1. The summed E-state index contributed by atoms with van der Waals surface area (Å²) in [5.41, 5.74) is 1.25. The second-order valence-electron chi connectivity index (χ2n) is 6.60. The number of carbonyl (C=O) groups is 1. The number of anilines is 1. The molecule has 1 saturated heterocycles. The van der Waals surface area contributed by atoms with Gasteiger partial charge in [0.1, 0.15) is 11.6 Å². The number of piperazine rings is 1. The van der Waals surface area contributed by atoms with Gasteiger partial charge in [0.15, 0.2) is 10.4 Å². The van der Waals surface area contributed by atoms with Crippen LogP contribution in [0.2, 0.25) is 0 Å². The molecule has 150 valence electrons. The molecule has 1 aliphatic rings. The van der Waals surface area contributed by atoms with Crippen LogP contribution in [-0.4, -0.2) is 41.6 Å². The van der Waals surface area contributed by atoms with Crippen molar-refractivity contribution in [3.8, 4) is 6.07 Å². The van der Waals surface area contributed by atoms with E-state index in [2.05, 4.69) is 22.0 Å². The number of halogens is 1. The molecule has 3 N–H and O–H groups in total. The number of hydrogen-bond acceptors (Lipinski definition) is 6. The Morgan fingerprint density at radius 3 is 2.45 bits per heavy atom. The fourth-order valence-electron chi connectivity index (χ4n) is 3.63. The third kappa shape index (κ3) is 3.52. The predicted octanol–water partition coefficient (Wildman–Crippen LogP) is 2.89. The molecule has 0 spiro atoms. The summed E-state index contributed by atoms with van der Waals surface area (Å²) < 4.78 is 7.38. The summed E-state index contributed by atoms with van der Waals surface area (Å²) in [5.74, 6) is 0.122. The van der Waals surface area contributed by atoms with Crippen molar-refractivity contribution in [3.63, 3.8) is 0 Å². The summed E-state index contributed by atoms with van der Waals surface area (Å²) in [6.45, 7) is 2.01. The molecule has 2 aromatic heterocycles. The van der Waals surface area contributed by atoms with Crippen LogP contribution in [0.1, 0.15) is 16.1 Å². The van der Waals surface area contributed by atoms with Gasteiger partial charge < -0.3 is 24.9 Å². The number of carbonyl (C=O) groups excluding carboxylic acids is 1. The number of furan rings is 1. The van der Waals surface area contributed by atoms with Crippen molar-refractivity contribution in [1.82, 2.24) is 15.6 Å². The maximum atomic E-state index is 12.7. The Kier molecular flexibility index (Phi) is 5.77. The number of fused-ring (bicyclic) bond motifs is 1. The Morgan fingerprint density at radius 2 is 1.83 bits per heavy atom. The average Bonchev–Trinajstić information content (AvgIpc) is 3.16. The van der Waals surface area contributed by atoms with E-state index in [1.807, 2.05) is 29.2 Å². The Bertz CT molecular complexity index is 1170. The molecule has 0 aliphatic carbocycles. The zero-order valence-corrected chi connectivity index (χ0v) is 17.5. The molecule has 3 aromatic rings. The number of aryl methyl sites for hydroxylation is 1. The van der Waals surface area contributed by atoms with Gasteiger partial charge in [-0.15, -0.1) is 0 Å². The van der Waals surface area contributed by atoms with E-state index in [4.69, 9.17) is 4.42 Å². The van der Waals surface area contributed by atoms with Crippen LogP contribution in [0.3, 0.4) is 0 Å². The molecule has 9 heteroatoms. The zero-order valence-electron chi connectivity index (χ0n) is 15.9. The molecule has 1 aliphatic heterocycles. The first-order valence-electron chi connectivity index (χ1n) is 8.82. The number of nitrogens with zero attached hydrogens (tertiary/aromatic N) is 4. The van der Waals surface area contributed by atoms with Gasteiger partial charge in [-0.3, -0.25) is 9.59 Å². The fourth-order valence-corrected chi connectivity index (χ4v) is 3.93. The minimum Gasteiger partial charge on any atom is -0.444 e. The monoisotopic (exact) mass is 457 g/mol. The number of benzene rings is 1. The summed E-state index contributed by atoms with van der Waals surface area (Å²) in [6.07, 6.45) is 0. The standard InChI is InChI=1S/C20H17BrN4O3.H3N/c1-23-15-5-3-2-4-13(15)18(14(12-22)19(23)26)24-8-10-25(11-9-24)20(27)16-6-7-17(21)28-16;/h2-7H,8-11H2,1H3;1H3. The maximum Gasteiger partial charge on any atom is 0.289 e. The second kappa shape index (κ2) is 8.11. The molecule has 0 unspecified atom stereocenters. The minimum absolute atomic E-state index is 0. The maximum absolute atomic E-state index is 12.7. The van der Waals surface area contributed by atoms with Crippen molar-refractivity contribution in [2.75, 3.05) is 31.1 Å². The second-order valence-corrected chi connectivity index (χ2v) is 7.38. The van der Waals surface area contributed by atoms with Crippen molar-refractivity contribution in [3.05, 3.63) is 62.7 Å². The topological polar surface area (TPSA) is 117 Å². The van der Waals surface area contributed by atoms with Crippen LogP contribution in [0.15, 0.2) is 50.3 Å². The van der Waals surface area contributed by atoms with E-state index in [9.17, 15) is 14.9 Å². The minimum atomic E-state index is -0.310. The van der Waals surface area contributed by atoms with Gasteiger partial charge >= 0.3 is 0 Å². The highest BCUT2D eigenvalue weighted by Gasteiger charge is 2.27. The van der Waals surface area contributed by atoms with Gasteiger partial charge in [0.05, 0.1) is 11.2 Å². The van der Waals surface area contributed by atoms with E-state index in [0.717, 1.165) is 10.9 Å². The fraction of sp³-hybridized carbons (Fsp3) is 0.250. The number of para-hydroxylation sites is 1. The summed E-state index contributed by atoms with van der Waals surface area (Å²) in [4.78, 5) is 29.0. The van der Waals surface area contributed by atoms with Crippen molar-refractivity contribution in [2.24, 2.45) is 7.05 Å². The first-order valence-corrected chi connectivity index (χ1v) is 9.62. The summed E-state index contributed by atoms with van der Waals surface area (Å²) >= 11 is 3.21. The van der Waals surface area contributed by atoms with Gasteiger partial charge in [0.2, 0.25) is 0 Å². The molecule has 1 amide bonds. The molecule has 0 saturated carbocycles. The van der Waals surface area contributed by atoms with Gasteiger partial charge in [-0.2, -0.15) is 5.26 Å². The van der Waals surface area contributed by atoms with Gasteiger partial charge in [-0.25, -0.2) is 0 Å². The predicted molar refractivity (Wildman–Crippen MR) is 113 cm³/mol. The highest BCUT2D eigenvalue weighted by molar-refractivity contribution is 9.10. The van der Waals surface area contributed by atoms with Crippen LogP contribution in [0.5, 0.6) is 0 Å². The number of pyridine rings is 1. The van der Waals surface area contributed by atoms with Crippen LogP contribution in [0, 0.1) is 11.3 Å². The van der Waals surface area contributed by atoms with Crippen LogP contribution in [0.25, 0.3) is 10.9 Å². The van der Waals surface area contributed by atoms with Crippen molar-refractivity contribution in [1.29, 1.82) is 5.26 Å². The number of aromatic nitrogens is 1. The lowest BCUT2D eigenvalue weighted by Gasteiger charge is -2.36. The summed E-state index contributed by atoms with van der Waals surface area (Å²) in [5, 5.41) is 10.5. The van der Waals surface area contributed by atoms with Crippen LogP contribution in [-0.2, 0) is 7.05 Å². The molecule has 0 bridgehead atoms. The lowest BCUT2D eigenvalue weighted by Crippen LogP contribution is -2.49. The molecule has 4 rings (SSSR count). The summed E-state index contributed by atoms with van der Waals surface area (Å²) in [7, 11) is 1.67. The highest BCUT2D eigenvalue weighted by Crippen LogP contribution is 2.29. The SMILES string of the molecule is Cn1c(=O)c(C#N)c(N2CCN(C(=O)c3ccc(Br)o3)CC2)c2ccccc21.N. The normalized spacial score (nSPS) is 13.8. The van der Waals surface area contributed by atoms with Gasteiger partial charge in [0, 0.05) is 38.6 Å². The van der Waals surface area contributed by atoms with Gasteiger partial charge in [0.25, 0.3) is 11.5 Å². The Hall–Kier alpha value is -3.09. The van der Waals surface area contributed by atoms with E-state index in [0.29, 0.717) is 36.5 Å². The summed E-state index contributed by atoms with van der Waals surface area (Å²) in [6, 6.07) is 13.0. The Morgan fingerprint density at radius 1 is 1.14 bits per heavy atom. The molecule has 0 atom stereocenters. The number of hydrogen-bond donors (Lipinski definition) is 1. The van der Waals surface area contributed by atoms with E-state index >= 15 is 0 Å². The molecule has 8 nitrogen and oxygen atoms in total. The van der Waals surface area contributed by atoms with Crippen LogP contribution >= 0.6 is 15.9 Å². The quantitative estimate of drug-likeness (QED) is 0.631. The number of rotatable bonds is 2. The molecule has 0 radical (unpaired) electrons. The Balaban J connectivity index is 0.00000240. The molecule has 29 heavy (non-hydrogen) atoms. The smallest absolute Gasteiger partial charge is 0.289 e. The first-order chi connectivity index (χ1) is 13.5. The Labute approximate surface area is 175 Å². The van der Waals surface area contributed by atoms with Crippen LogP contribution in [0.4, 0.5) is 5.69 Å². The van der Waals surface area contributed by atoms with E-state index in [1.54, 1.807) is 24.1 Å². The van der Waals surface area contributed by atoms with Crippen molar-refractivity contribution in [2.45, 2.75) is 0 Å². The lowest BCUT2D eigenvalue weighted by molar-refractivity contribution is 0.0713. The zero-order chi connectivity index (χ0) is 19.8. The lowest BCUT2D eigenvalue weighted by atomic mass is 10.1.